The first-order chi connectivity index (χ1) is 8.69. The first kappa shape index (κ1) is 15.0. The van der Waals surface area contributed by atoms with Gasteiger partial charge < -0.3 is 15.4 Å². The molecule has 0 saturated carbocycles. The number of hydrogen-bond donors (Lipinski definition) is 2. The molecule has 0 aliphatic rings. The van der Waals surface area contributed by atoms with E-state index in [4.69, 9.17) is 4.74 Å². The standard InChI is InChI=1S/C15H26N2O/c1-12-11-15(18-4)13(2)10-14(12)6-9-17-8-5-7-16-3/h10-11,16-17H,5-9H2,1-4H3. The van der Waals surface area contributed by atoms with Crippen molar-refractivity contribution in [1.82, 2.24) is 10.6 Å². The molecule has 0 bridgehead atoms. The lowest BCUT2D eigenvalue weighted by Gasteiger charge is -2.12. The van der Waals surface area contributed by atoms with Crippen molar-refractivity contribution < 1.29 is 4.74 Å². The molecule has 0 unspecified atom stereocenters. The summed E-state index contributed by atoms with van der Waals surface area (Å²) in [5, 5.41) is 6.62. The Labute approximate surface area is 111 Å². The summed E-state index contributed by atoms with van der Waals surface area (Å²) < 4.78 is 5.33. The Hall–Kier alpha value is -1.06. The van der Waals surface area contributed by atoms with E-state index in [2.05, 4.69) is 36.6 Å². The summed E-state index contributed by atoms with van der Waals surface area (Å²) in [4.78, 5) is 0. The quantitative estimate of drug-likeness (QED) is 0.693. The molecule has 0 fully saturated rings. The van der Waals surface area contributed by atoms with Gasteiger partial charge in [0.25, 0.3) is 0 Å². The zero-order valence-corrected chi connectivity index (χ0v) is 12.1. The van der Waals surface area contributed by atoms with Crippen molar-refractivity contribution in [1.29, 1.82) is 0 Å². The van der Waals surface area contributed by atoms with Gasteiger partial charge in [0.2, 0.25) is 0 Å². The third-order valence-electron chi connectivity index (χ3n) is 3.20. The van der Waals surface area contributed by atoms with Crippen molar-refractivity contribution in [2.24, 2.45) is 0 Å². The smallest absolute Gasteiger partial charge is 0.122 e. The van der Waals surface area contributed by atoms with Crippen LogP contribution in [0.15, 0.2) is 12.1 Å². The van der Waals surface area contributed by atoms with E-state index in [9.17, 15) is 0 Å². The predicted octanol–water partition coefficient (Wildman–Crippen LogP) is 2.05. The van der Waals surface area contributed by atoms with E-state index < -0.39 is 0 Å². The third kappa shape index (κ3) is 4.67. The lowest BCUT2D eigenvalue weighted by molar-refractivity contribution is 0.411. The molecule has 1 rings (SSSR count). The number of benzene rings is 1. The van der Waals surface area contributed by atoms with E-state index in [0.717, 1.165) is 31.8 Å². The molecule has 0 aliphatic heterocycles. The molecule has 3 nitrogen and oxygen atoms in total. The molecule has 18 heavy (non-hydrogen) atoms. The van der Waals surface area contributed by atoms with E-state index >= 15 is 0 Å². The summed E-state index contributed by atoms with van der Waals surface area (Å²) in [6, 6.07) is 4.37. The van der Waals surface area contributed by atoms with Crippen molar-refractivity contribution in [3.05, 3.63) is 28.8 Å². The summed E-state index contributed by atoms with van der Waals surface area (Å²) in [5.74, 6) is 0.984. The van der Waals surface area contributed by atoms with Gasteiger partial charge in [-0.2, -0.15) is 0 Å². The Morgan fingerprint density at radius 3 is 2.50 bits per heavy atom. The number of hydrogen-bond acceptors (Lipinski definition) is 3. The van der Waals surface area contributed by atoms with Crippen molar-refractivity contribution in [3.8, 4) is 5.75 Å². The fraction of sp³-hybridized carbons (Fsp3) is 0.600. The SMILES string of the molecule is CNCCCNCCc1cc(C)c(OC)cc1C. The van der Waals surface area contributed by atoms with Crippen LogP contribution >= 0.6 is 0 Å². The normalized spacial score (nSPS) is 10.7. The van der Waals surface area contributed by atoms with Crippen LogP contribution in [-0.2, 0) is 6.42 Å². The Kier molecular flexibility index (Phi) is 6.76. The van der Waals surface area contributed by atoms with Crippen LogP contribution in [0, 0.1) is 13.8 Å². The van der Waals surface area contributed by atoms with Gasteiger partial charge >= 0.3 is 0 Å². The second-order valence-electron chi connectivity index (χ2n) is 4.71. The monoisotopic (exact) mass is 250 g/mol. The molecule has 0 aromatic heterocycles. The molecule has 1 aromatic carbocycles. The summed E-state index contributed by atoms with van der Waals surface area (Å²) in [7, 11) is 3.72. The molecule has 2 N–H and O–H groups in total. The summed E-state index contributed by atoms with van der Waals surface area (Å²) >= 11 is 0. The molecule has 0 radical (unpaired) electrons. The van der Waals surface area contributed by atoms with Gasteiger partial charge in [-0.3, -0.25) is 0 Å². The zero-order chi connectivity index (χ0) is 13.4. The highest BCUT2D eigenvalue weighted by atomic mass is 16.5. The highest BCUT2D eigenvalue weighted by Gasteiger charge is 2.04. The number of ether oxygens (including phenoxy) is 1. The lowest BCUT2D eigenvalue weighted by Crippen LogP contribution is -2.22. The maximum atomic E-state index is 5.33. The average molecular weight is 250 g/mol. The first-order valence-electron chi connectivity index (χ1n) is 6.68. The molecular formula is C15H26N2O. The number of nitrogens with one attached hydrogen (secondary N) is 2. The molecule has 102 valence electrons. The van der Waals surface area contributed by atoms with Crippen LogP contribution in [-0.4, -0.2) is 33.8 Å². The van der Waals surface area contributed by atoms with Crippen LogP contribution in [0.4, 0.5) is 0 Å². The van der Waals surface area contributed by atoms with E-state index in [-0.39, 0.29) is 0 Å². The Bertz CT molecular complexity index is 364. The van der Waals surface area contributed by atoms with Crippen molar-refractivity contribution in [3.63, 3.8) is 0 Å². The maximum Gasteiger partial charge on any atom is 0.122 e. The topological polar surface area (TPSA) is 33.3 Å². The van der Waals surface area contributed by atoms with E-state index in [1.165, 1.54) is 23.1 Å². The second kappa shape index (κ2) is 8.11. The Balaban J connectivity index is 2.40. The fourth-order valence-corrected chi connectivity index (χ4v) is 2.08. The first-order valence-corrected chi connectivity index (χ1v) is 6.68. The van der Waals surface area contributed by atoms with Crippen LogP contribution in [0.3, 0.4) is 0 Å². The Morgan fingerprint density at radius 1 is 1.06 bits per heavy atom. The molecule has 3 heteroatoms. The minimum Gasteiger partial charge on any atom is -0.496 e. The maximum absolute atomic E-state index is 5.33. The van der Waals surface area contributed by atoms with Gasteiger partial charge in [0.1, 0.15) is 5.75 Å². The van der Waals surface area contributed by atoms with Gasteiger partial charge in [-0.05, 0) is 76.1 Å². The van der Waals surface area contributed by atoms with Crippen LogP contribution in [0.25, 0.3) is 0 Å². The fourth-order valence-electron chi connectivity index (χ4n) is 2.08. The van der Waals surface area contributed by atoms with Crippen molar-refractivity contribution in [2.45, 2.75) is 26.7 Å². The molecule has 0 amide bonds. The van der Waals surface area contributed by atoms with E-state index in [0.29, 0.717) is 0 Å². The third-order valence-corrected chi connectivity index (χ3v) is 3.20. The van der Waals surface area contributed by atoms with Crippen molar-refractivity contribution >= 4 is 0 Å². The van der Waals surface area contributed by atoms with Crippen molar-refractivity contribution in [2.75, 3.05) is 33.8 Å². The van der Waals surface area contributed by atoms with E-state index in [1.54, 1.807) is 7.11 Å². The molecule has 0 saturated heterocycles. The summed E-state index contributed by atoms with van der Waals surface area (Å²) in [5.41, 5.74) is 3.94. The van der Waals surface area contributed by atoms with Crippen LogP contribution in [0.2, 0.25) is 0 Å². The van der Waals surface area contributed by atoms with Gasteiger partial charge in [-0.25, -0.2) is 0 Å². The number of aryl methyl sites for hydroxylation is 2. The lowest BCUT2D eigenvalue weighted by atomic mass is 10.0. The zero-order valence-electron chi connectivity index (χ0n) is 12.1. The minimum absolute atomic E-state index is 0.984. The second-order valence-corrected chi connectivity index (χ2v) is 4.71. The molecule has 0 aliphatic carbocycles. The van der Waals surface area contributed by atoms with Crippen LogP contribution < -0.4 is 15.4 Å². The van der Waals surface area contributed by atoms with E-state index in [1.807, 2.05) is 7.05 Å². The van der Waals surface area contributed by atoms with Gasteiger partial charge in [-0.1, -0.05) is 6.07 Å². The molecular weight excluding hydrogens is 224 g/mol. The van der Waals surface area contributed by atoms with Gasteiger partial charge in [0.15, 0.2) is 0 Å². The largest absolute Gasteiger partial charge is 0.496 e. The molecule has 0 spiro atoms. The van der Waals surface area contributed by atoms with Gasteiger partial charge in [0.05, 0.1) is 7.11 Å². The number of methoxy groups -OCH3 is 1. The van der Waals surface area contributed by atoms with Gasteiger partial charge in [0, 0.05) is 0 Å². The van der Waals surface area contributed by atoms with Gasteiger partial charge in [-0.15, -0.1) is 0 Å². The minimum atomic E-state index is 0.984. The highest BCUT2D eigenvalue weighted by molar-refractivity contribution is 5.41. The molecule has 0 atom stereocenters. The highest BCUT2D eigenvalue weighted by Crippen LogP contribution is 2.22. The molecule has 0 heterocycles. The number of rotatable bonds is 8. The average Bonchev–Trinajstić information content (AvgIpc) is 2.37. The summed E-state index contributed by atoms with van der Waals surface area (Å²) in [6.45, 7) is 7.44. The Morgan fingerprint density at radius 2 is 1.83 bits per heavy atom. The predicted molar refractivity (Wildman–Crippen MR) is 77.6 cm³/mol. The van der Waals surface area contributed by atoms with Crippen LogP contribution in [0.1, 0.15) is 23.1 Å². The molecule has 1 aromatic rings. The summed E-state index contributed by atoms with van der Waals surface area (Å²) in [6.07, 6.45) is 2.26. The van der Waals surface area contributed by atoms with Crippen LogP contribution in [0.5, 0.6) is 5.75 Å².